The number of rotatable bonds is 4. The minimum absolute atomic E-state index is 0.212. The highest BCUT2D eigenvalue weighted by Crippen LogP contribution is 2.35. The van der Waals surface area contributed by atoms with Gasteiger partial charge in [0.25, 0.3) is 0 Å². The summed E-state index contributed by atoms with van der Waals surface area (Å²) in [6.45, 7) is 0.387. The van der Waals surface area contributed by atoms with Gasteiger partial charge in [0.15, 0.2) is 10.8 Å². The van der Waals surface area contributed by atoms with Gasteiger partial charge in [-0.1, -0.05) is 23.5 Å². The average molecular weight is 449 g/mol. The summed E-state index contributed by atoms with van der Waals surface area (Å²) in [5, 5.41) is 19.3. The van der Waals surface area contributed by atoms with Gasteiger partial charge in [0, 0.05) is 31.9 Å². The first-order valence-corrected chi connectivity index (χ1v) is 10.8. The van der Waals surface area contributed by atoms with E-state index in [1.807, 2.05) is 42.5 Å². The van der Waals surface area contributed by atoms with Crippen molar-refractivity contribution in [2.24, 2.45) is 0 Å². The van der Waals surface area contributed by atoms with Gasteiger partial charge < -0.3 is 19.9 Å². The van der Waals surface area contributed by atoms with Crippen LogP contribution in [0.5, 0.6) is 0 Å². The Labute approximate surface area is 187 Å². The number of amides is 1. The maximum Gasteiger partial charge on any atom is 0.305 e. The van der Waals surface area contributed by atoms with Crippen molar-refractivity contribution in [2.45, 2.75) is 19.0 Å². The molecular weight excluding hydrogens is 428 g/mol. The number of hydrogen-bond donors (Lipinski definition) is 2. The summed E-state index contributed by atoms with van der Waals surface area (Å²) in [6, 6.07) is 12.9. The Morgan fingerprint density at radius 3 is 2.75 bits per heavy atom. The number of hydrogen-bond acceptors (Lipinski definition) is 7. The topological polar surface area (TPSA) is 115 Å². The molecule has 0 radical (unpaired) electrons. The summed E-state index contributed by atoms with van der Waals surface area (Å²) in [6.07, 6.45) is -0.252. The van der Waals surface area contributed by atoms with Gasteiger partial charge in [0.2, 0.25) is 5.91 Å². The fourth-order valence-electron chi connectivity index (χ4n) is 3.99. The number of anilines is 1. The van der Waals surface area contributed by atoms with Crippen LogP contribution in [-0.4, -0.2) is 62.2 Å². The second-order valence-corrected chi connectivity index (χ2v) is 8.75. The molecule has 9 nitrogen and oxygen atoms in total. The minimum Gasteiger partial charge on any atom is -0.481 e. The molecule has 3 heterocycles. The molecule has 1 atom stereocenters. The number of fused-ring (bicyclic) bond motifs is 2. The lowest BCUT2D eigenvalue weighted by Crippen LogP contribution is -2.44. The summed E-state index contributed by atoms with van der Waals surface area (Å²) >= 11 is 1.43. The lowest BCUT2D eigenvalue weighted by molar-refractivity contribution is -0.141. The highest BCUT2D eigenvalue weighted by atomic mass is 32.1. The normalized spacial score (nSPS) is 16.3. The number of likely N-dealkylation sites (N-methyl/N-ethyl adjacent to an activating group) is 2. The van der Waals surface area contributed by atoms with Crippen molar-refractivity contribution >= 4 is 39.9 Å². The monoisotopic (exact) mass is 448 g/mol. The van der Waals surface area contributed by atoms with Crippen molar-refractivity contribution in [3.63, 3.8) is 0 Å². The van der Waals surface area contributed by atoms with Crippen LogP contribution in [0.25, 0.3) is 32.4 Å². The smallest absolute Gasteiger partial charge is 0.305 e. The molecule has 2 aromatic heterocycles. The summed E-state index contributed by atoms with van der Waals surface area (Å²) < 4.78 is 0. The van der Waals surface area contributed by atoms with Crippen LogP contribution in [0.1, 0.15) is 12.0 Å². The Morgan fingerprint density at radius 2 is 1.97 bits per heavy atom. The molecule has 0 saturated heterocycles. The molecule has 5 rings (SSSR count). The number of para-hydroxylation sites is 2. The number of benzene rings is 2. The minimum atomic E-state index is -1.00. The molecule has 10 heteroatoms. The van der Waals surface area contributed by atoms with E-state index in [0.29, 0.717) is 17.4 Å². The van der Waals surface area contributed by atoms with E-state index in [2.05, 4.69) is 20.2 Å². The second-order valence-electron chi connectivity index (χ2n) is 7.78. The van der Waals surface area contributed by atoms with Crippen LogP contribution in [0.4, 0.5) is 5.69 Å². The fourth-order valence-corrected chi connectivity index (χ4v) is 4.77. The first kappa shape index (κ1) is 20.1. The van der Waals surface area contributed by atoms with Crippen LogP contribution in [0.3, 0.4) is 0 Å². The first-order valence-electron chi connectivity index (χ1n) is 10.0. The van der Waals surface area contributed by atoms with Crippen LogP contribution in [-0.2, 0) is 16.1 Å². The standard InChI is InChI=1S/C22H20N6O3S/c1-27-11-13-9-12(7-8-16(13)28(2)17(22(27)31)10-18(29)30)20-25-26-21(32-20)19-23-14-5-3-4-6-15(14)24-19/h3-9,17H,10-11H2,1-2H3,(H,23,24)(H,29,30). The van der Waals surface area contributed by atoms with Gasteiger partial charge in [-0.2, -0.15) is 0 Å². The molecule has 2 aromatic carbocycles. The maximum atomic E-state index is 12.7. The van der Waals surface area contributed by atoms with Crippen LogP contribution in [0.15, 0.2) is 42.5 Å². The molecule has 2 N–H and O–H groups in total. The highest BCUT2D eigenvalue weighted by Gasteiger charge is 2.33. The molecule has 0 aliphatic carbocycles. The molecule has 0 spiro atoms. The number of aromatic nitrogens is 4. The molecule has 1 aliphatic heterocycles. The molecule has 162 valence electrons. The number of carbonyl (C=O) groups excluding carboxylic acids is 1. The van der Waals surface area contributed by atoms with Crippen LogP contribution >= 0.6 is 11.3 Å². The number of nitrogens with one attached hydrogen (secondary N) is 1. The van der Waals surface area contributed by atoms with Gasteiger partial charge >= 0.3 is 5.97 Å². The Balaban J connectivity index is 1.49. The molecule has 0 saturated carbocycles. The third-order valence-electron chi connectivity index (χ3n) is 5.63. The summed E-state index contributed by atoms with van der Waals surface area (Å²) in [7, 11) is 3.45. The average Bonchev–Trinajstić information content (AvgIpc) is 3.41. The summed E-state index contributed by atoms with van der Waals surface area (Å²) in [5.41, 5.74) is 4.45. The van der Waals surface area contributed by atoms with E-state index in [1.165, 1.54) is 11.3 Å². The Hall–Kier alpha value is -3.79. The summed E-state index contributed by atoms with van der Waals surface area (Å²) in [5.74, 6) is -0.544. The lowest BCUT2D eigenvalue weighted by Gasteiger charge is -2.27. The first-order chi connectivity index (χ1) is 15.4. The van der Waals surface area contributed by atoms with E-state index in [1.54, 1.807) is 23.9 Å². The number of nitrogens with zero attached hydrogens (tertiary/aromatic N) is 5. The number of aliphatic carboxylic acids is 1. The number of carbonyl (C=O) groups is 2. The Bertz CT molecular complexity index is 1310. The number of aromatic amines is 1. The number of carboxylic acid groups (broad SMARTS) is 1. The molecule has 4 aromatic rings. The van der Waals surface area contributed by atoms with E-state index in [-0.39, 0.29) is 12.3 Å². The number of imidazole rings is 1. The van der Waals surface area contributed by atoms with Gasteiger partial charge in [0.1, 0.15) is 11.0 Å². The van der Waals surface area contributed by atoms with Crippen molar-refractivity contribution in [2.75, 3.05) is 19.0 Å². The van der Waals surface area contributed by atoms with E-state index in [0.717, 1.165) is 32.9 Å². The van der Waals surface area contributed by atoms with Gasteiger partial charge in [-0.3, -0.25) is 9.59 Å². The number of H-pyrrole nitrogens is 1. The zero-order chi connectivity index (χ0) is 22.4. The SMILES string of the molecule is CN1Cc2cc(-c3nnc(-c4nc5ccccc5[nH]4)s3)ccc2N(C)C(CC(=O)O)C1=O. The zero-order valence-electron chi connectivity index (χ0n) is 17.4. The van der Waals surface area contributed by atoms with Crippen molar-refractivity contribution in [3.8, 4) is 21.4 Å². The van der Waals surface area contributed by atoms with E-state index >= 15 is 0 Å². The molecule has 0 fully saturated rings. The predicted molar refractivity (Wildman–Crippen MR) is 121 cm³/mol. The molecular formula is C22H20N6O3S. The van der Waals surface area contributed by atoms with Crippen molar-refractivity contribution in [3.05, 3.63) is 48.0 Å². The number of carboxylic acids is 1. The zero-order valence-corrected chi connectivity index (χ0v) is 18.3. The van der Waals surface area contributed by atoms with Gasteiger partial charge in [-0.15, -0.1) is 10.2 Å². The van der Waals surface area contributed by atoms with Crippen LogP contribution in [0, 0.1) is 0 Å². The van der Waals surface area contributed by atoms with E-state index in [4.69, 9.17) is 0 Å². The van der Waals surface area contributed by atoms with E-state index < -0.39 is 12.0 Å². The van der Waals surface area contributed by atoms with Crippen LogP contribution in [0.2, 0.25) is 0 Å². The lowest BCUT2D eigenvalue weighted by atomic mass is 10.1. The molecule has 1 amide bonds. The van der Waals surface area contributed by atoms with Crippen molar-refractivity contribution < 1.29 is 14.7 Å². The Morgan fingerprint density at radius 1 is 1.19 bits per heavy atom. The fraction of sp³-hybridized carbons (Fsp3) is 0.227. The molecule has 1 aliphatic rings. The van der Waals surface area contributed by atoms with Gasteiger partial charge in [0.05, 0.1) is 17.5 Å². The largest absolute Gasteiger partial charge is 0.481 e. The second kappa shape index (κ2) is 7.72. The van der Waals surface area contributed by atoms with Crippen molar-refractivity contribution in [1.82, 2.24) is 25.1 Å². The third kappa shape index (κ3) is 3.48. The molecule has 0 bridgehead atoms. The van der Waals surface area contributed by atoms with Gasteiger partial charge in [-0.05, 0) is 35.9 Å². The molecule has 32 heavy (non-hydrogen) atoms. The highest BCUT2D eigenvalue weighted by molar-refractivity contribution is 7.17. The van der Waals surface area contributed by atoms with Gasteiger partial charge in [-0.25, -0.2) is 4.98 Å². The third-order valence-corrected chi connectivity index (χ3v) is 6.61. The van der Waals surface area contributed by atoms with Crippen molar-refractivity contribution in [1.29, 1.82) is 0 Å². The quantitative estimate of drug-likeness (QED) is 0.493. The van der Waals surface area contributed by atoms with Crippen LogP contribution < -0.4 is 4.90 Å². The molecule has 1 unspecified atom stereocenters. The summed E-state index contributed by atoms with van der Waals surface area (Å²) in [4.78, 5) is 35.2. The van der Waals surface area contributed by atoms with E-state index in [9.17, 15) is 14.7 Å². The maximum absolute atomic E-state index is 12.7. The predicted octanol–water partition coefficient (Wildman–Crippen LogP) is 3.00. The Kier molecular flexibility index (Phi) is 4.86.